The number of hydrogen-bond donors (Lipinski definition) is 1. The smallest absolute Gasteiger partial charge is 0.286 e. The summed E-state index contributed by atoms with van der Waals surface area (Å²) in [6.45, 7) is 2.06. The molecule has 0 amide bonds. The van der Waals surface area contributed by atoms with Gasteiger partial charge in [-0.3, -0.25) is 0 Å². The summed E-state index contributed by atoms with van der Waals surface area (Å²) in [7, 11) is -3.87. The zero-order valence-corrected chi connectivity index (χ0v) is 18.0. The van der Waals surface area contributed by atoms with Crippen molar-refractivity contribution in [3.05, 3.63) is 82.6 Å². The Bertz CT molecular complexity index is 1280. The van der Waals surface area contributed by atoms with Crippen LogP contribution in [0.3, 0.4) is 0 Å². The molecule has 0 fully saturated rings. The summed E-state index contributed by atoms with van der Waals surface area (Å²) in [5.74, 6) is 0.248. The number of nitrogens with zero attached hydrogens (tertiary/aromatic N) is 1. The molecule has 3 aromatic carbocycles. The van der Waals surface area contributed by atoms with Gasteiger partial charge in [-0.15, -0.1) is 4.40 Å². The molecule has 9 heteroatoms. The molecule has 0 bridgehead atoms. The Hall–Kier alpha value is -3.10. The third kappa shape index (κ3) is 4.35. The first-order valence-corrected chi connectivity index (χ1v) is 11.2. The molecule has 1 N–H and O–H groups in total. The summed E-state index contributed by atoms with van der Waals surface area (Å²) < 4.78 is 54.3. The van der Waals surface area contributed by atoms with Gasteiger partial charge >= 0.3 is 0 Å². The lowest BCUT2D eigenvalue weighted by Crippen LogP contribution is -2.22. The van der Waals surface area contributed by atoms with Gasteiger partial charge in [0.2, 0.25) is 0 Å². The summed E-state index contributed by atoms with van der Waals surface area (Å²) in [4.78, 5) is 0.0970. The van der Waals surface area contributed by atoms with E-state index < -0.39 is 15.8 Å². The average molecular weight is 461 g/mol. The Morgan fingerprint density at radius 1 is 1.06 bits per heavy atom. The largest absolute Gasteiger partial charge is 0.490 e. The Balaban J connectivity index is 1.69. The van der Waals surface area contributed by atoms with Gasteiger partial charge in [0.1, 0.15) is 17.3 Å². The molecule has 160 valence electrons. The van der Waals surface area contributed by atoms with Crippen LogP contribution >= 0.6 is 11.6 Å². The number of nitrogens with one attached hydrogen (secondary N) is 1. The van der Waals surface area contributed by atoms with Crippen molar-refractivity contribution in [1.29, 1.82) is 0 Å². The van der Waals surface area contributed by atoms with Crippen molar-refractivity contribution < 1.29 is 22.3 Å². The molecule has 0 radical (unpaired) electrons. The van der Waals surface area contributed by atoms with Crippen molar-refractivity contribution in [2.75, 3.05) is 11.9 Å². The molecule has 0 spiro atoms. The number of ether oxygens (including phenoxy) is 2. The van der Waals surface area contributed by atoms with Gasteiger partial charge in [-0.2, -0.15) is 8.42 Å². The van der Waals surface area contributed by atoms with Crippen LogP contribution in [0.25, 0.3) is 0 Å². The van der Waals surface area contributed by atoms with E-state index in [0.717, 1.165) is 0 Å². The Morgan fingerprint density at radius 3 is 2.58 bits per heavy atom. The van der Waals surface area contributed by atoms with E-state index in [4.69, 9.17) is 21.1 Å². The fourth-order valence-electron chi connectivity index (χ4n) is 3.11. The van der Waals surface area contributed by atoms with Crippen LogP contribution < -0.4 is 14.8 Å². The number of halogens is 2. The molecule has 3 aromatic rings. The summed E-state index contributed by atoms with van der Waals surface area (Å²) in [5, 5.41) is 3.20. The van der Waals surface area contributed by atoms with Crippen LogP contribution in [0, 0.1) is 5.82 Å². The van der Waals surface area contributed by atoms with Crippen molar-refractivity contribution >= 4 is 33.1 Å². The Morgan fingerprint density at radius 2 is 1.81 bits per heavy atom. The van der Waals surface area contributed by atoms with Crippen molar-refractivity contribution in [1.82, 2.24) is 0 Å². The topological polar surface area (TPSA) is 77.0 Å². The molecular formula is C22H18ClFN2O4S. The lowest BCUT2D eigenvalue weighted by Gasteiger charge is -2.20. The highest BCUT2D eigenvalue weighted by atomic mass is 35.5. The fourth-order valence-corrected chi connectivity index (χ4v) is 4.52. The highest BCUT2D eigenvalue weighted by molar-refractivity contribution is 7.90. The van der Waals surface area contributed by atoms with E-state index in [9.17, 15) is 12.8 Å². The monoisotopic (exact) mass is 460 g/mol. The van der Waals surface area contributed by atoms with Gasteiger partial charge in [0, 0.05) is 11.1 Å². The molecular weight excluding hydrogens is 443 g/mol. The van der Waals surface area contributed by atoms with Gasteiger partial charge in [-0.05, 0) is 37.3 Å². The molecule has 31 heavy (non-hydrogen) atoms. The van der Waals surface area contributed by atoms with Gasteiger partial charge in [0.25, 0.3) is 10.0 Å². The quantitative estimate of drug-likeness (QED) is 0.559. The van der Waals surface area contributed by atoms with Crippen LogP contribution in [0.2, 0.25) is 5.02 Å². The van der Waals surface area contributed by atoms with Crippen molar-refractivity contribution in [2.24, 2.45) is 4.40 Å². The van der Waals surface area contributed by atoms with Crippen LogP contribution in [0.4, 0.5) is 10.1 Å². The molecule has 0 saturated carbocycles. The summed E-state index contributed by atoms with van der Waals surface area (Å²) in [6.07, 6.45) is 0. The lowest BCUT2D eigenvalue weighted by atomic mass is 10.1. The number of anilines is 1. The Kier molecular flexibility index (Phi) is 5.84. The molecule has 4 rings (SSSR count). The average Bonchev–Trinajstić information content (AvgIpc) is 2.74. The van der Waals surface area contributed by atoms with E-state index in [1.807, 2.05) is 0 Å². The van der Waals surface area contributed by atoms with E-state index in [0.29, 0.717) is 29.2 Å². The van der Waals surface area contributed by atoms with Crippen molar-refractivity contribution in [2.45, 2.75) is 18.4 Å². The van der Waals surface area contributed by atoms with Gasteiger partial charge in [-0.25, -0.2) is 4.39 Å². The third-order valence-electron chi connectivity index (χ3n) is 4.54. The number of benzene rings is 3. The lowest BCUT2D eigenvalue weighted by molar-refractivity contribution is 0.266. The minimum Gasteiger partial charge on any atom is -0.490 e. The van der Waals surface area contributed by atoms with Gasteiger partial charge in [0.05, 0.1) is 17.3 Å². The number of fused-ring (bicyclic) bond motifs is 1. The van der Waals surface area contributed by atoms with Gasteiger partial charge < -0.3 is 14.8 Å². The number of rotatable bonds is 6. The fraction of sp³-hybridized carbons (Fsp3) is 0.136. The molecule has 1 aliphatic heterocycles. The van der Waals surface area contributed by atoms with Crippen molar-refractivity contribution in [3.8, 4) is 11.5 Å². The van der Waals surface area contributed by atoms with E-state index >= 15 is 0 Å². The number of hydrogen-bond acceptors (Lipinski definition) is 5. The molecule has 6 nitrogen and oxygen atoms in total. The zero-order chi connectivity index (χ0) is 22.0. The van der Waals surface area contributed by atoms with E-state index in [2.05, 4.69) is 9.71 Å². The van der Waals surface area contributed by atoms with Crippen molar-refractivity contribution in [3.63, 3.8) is 0 Å². The minimum atomic E-state index is -3.87. The highest BCUT2D eigenvalue weighted by Crippen LogP contribution is 2.38. The number of sulfonamides is 1. The second-order valence-electron chi connectivity index (χ2n) is 6.63. The second-order valence-corrected chi connectivity index (χ2v) is 8.61. The second kappa shape index (κ2) is 8.56. The molecule has 0 saturated heterocycles. The van der Waals surface area contributed by atoms with Crippen LogP contribution in [0.1, 0.15) is 18.1 Å². The standard InChI is InChI=1S/C22H18ClFN2O4S/c1-2-29-19-12-15(22-25-18-9-5-6-10-20(18)31(27,28)26-22)11-16(23)21(19)30-13-14-7-3-4-8-17(14)24/h3-12H,2,13H2,1H3,(H,25,26). The molecule has 0 unspecified atom stereocenters. The predicted molar refractivity (Wildman–Crippen MR) is 117 cm³/mol. The first kappa shape index (κ1) is 21.1. The molecule has 0 aliphatic carbocycles. The first-order valence-electron chi connectivity index (χ1n) is 9.43. The molecule has 0 aromatic heterocycles. The maximum atomic E-state index is 13.9. The third-order valence-corrected chi connectivity index (χ3v) is 6.16. The number of para-hydroxylation sites is 1. The normalized spacial score (nSPS) is 14.2. The summed E-state index contributed by atoms with van der Waals surface area (Å²) >= 11 is 6.44. The van der Waals surface area contributed by atoms with Crippen LogP contribution in [0.15, 0.2) is 70.0 Å². The van der Waals surface area contributed by atoms with Gasteiger partial charge in [0.15, 0.2) is 17.3 Å². The molecule has 1 heterocycles. The van der Waals surface area contributed by atoms with E-state index in [1.165, 1.54) is 18.2 Å². The SMILES string of the molecule is CCOc1cc(C2=NS(=O)(=O)c3ccccc3N2)cc(Cl)c1OCc1ccccc1F. The zero-order valence-electron chi connectivity index (χ0n) is 16.4. The van der Waals surface area contributed by atoms with Crippen LogP contribution in [-0.4, -0.2) is 20.9 Å². The summed E-state index contributed by atoms with van der Waals surface area (Å²) in [5.41, 5.74) is 1.19. The van der Waals surface area contributed by atoms with E-state index in [1.54, 1.807) is 49.4 Å². The van der Waals surface area contributed by atoms with Crippen LogP contribution in [-0.2, 0) is 16.6 Å². The highest BCUT2D eigenvalue weighted by Gasteiger charge is 2.26. The minimum absolute atomic E-state index is 0.0488. The van der Waals surface area contributed by atoms with Crippen LogP contribution in [0.5, 0.6) is 11.5 Å². The van der Waals surface area contributed by atoms with Gasteiger partial charge in [-0.1, -0.05) is 41.9 Å². The first-order chi connectivity index (χ1) is 14.9. The maximum Gasteiger partial charge on any atom is 0.286 e. The summed E-state index contributed by atoms with van der Waals surface area (Å²) in [6, 6.07) is 15.9. The maximum absolute atomic E-state index is 13.9. The molecule has 1 aliphatic rings. The Labute approximate surface area is 184 Å². The predicted octanol–water partition coefficient (Wildman–Crippen LogP) is 5.02. The number of amidine groups is 1. The molecule has 0 atom stereocenters. The van der Waals surface area contributed by atoms with E-state index in [-0.39, 0.29) is 28.1 Å².